The van der Waals surface area contributed by atoms with Gasteiger partial charge in [0.2, 0.25) is 5.75 Å². The molecule has 1 unspecified atom stereocenters. The number of rotatable bonds is 7. The van der Waals surface area contributed by atoms with Crippen LogP contribution in [-0.4, -0.2) is 66.1 Å². The van der Waals surface area contributed by atoms with Crippen molar-refractivity contribution in [1.29, 1.82) is 0 Å². The number of aryl methyl sites for hydroxylation is 1. The van der Waals surface area contributed by atoms with Crippen LogP contribution < -0.4 is 24.5 Å². The molecule has 34 heavy (non-hydrogen) atoms. The van der Waals surface area contributed by atoms with E-state index < -0.39 is 0 Å². The Morgan fingerprint density at radius 2 is 1.76 bits per heavy atom. The van der Waals surface area contributed by atoms with Gasteiger partial charge in [0.1, 0.15) is 17.5 Å². The first-order valence-corrected chi connectivity index (χ1v) is 10.8. The summed E-state index contributed by atoms with van der Waals surface area (Å²) in [7, 11) is 6.34. The first-order chi connectivity index (χ1) is 16.3. The molecule has 4 rings (SSSR count). The average Bonchev–Trinajstić information content (AvgIpc) is 3.51. The van der Waals surface area contributed by atoms with Crippen LogP contribution in [-0.2, 0) is 7.05 Å². The summed E-state index contributed by atoms with van der Waals surface area (Å²) in [6, 6.07) is 8.54. The molecule has 0 spiro atoms. The van der Waals surface area contributed by atoms with E-state index in [4.69, 9.17) is 18.9 Å². The van der Waals surface area contributed by atoms with Gasteiger partial charge in [-0.05, 0) is 31.2 Å². The molecule has 1 N–H and O–H groups in total. The van der Waals surface area contributed by atoms with Crippen LogP contribution in [0.1, 0.15) is 22.6 Å². The second kappa shape index (κ2) is 9.50. The van der Waals surface area contributed by atoms with E-state index in [-0.39, 0.29) is 17.6 Å². The molecule has 1 amide bonds. The third-order valence-corrected chi connectivity index (χ3v) is 5.98. The maximum absolute atomic E-state index is 13.1. The molecule has 10 nitrogen and oxygen atoms in total. The molecule has 1 saturated heterocycles. The van der Waals surface area contributed by atoms with Crippen molar-refractivity contribution in [2.45, 2.75) is 19.4 Å². The molecule has 180 valence electrons. The highest BCUT2D eigenvalue weighted by molar-refractivity contribution is 5.93. The average molecular weight is 469 g/mol. The zero-order valence-electron chi connectivity index (χ0n) is 19.9. The lowest BCUT2D eigenvalue weighted by molar-refractivity contribution is 0.0766. The summed E-state index contributed by atoms with van der Waals surface area (Å²) in [4.78, 5) is 26.8. The number of H-pyrrole nitrogens is 1. The Hall–Kier alpha value is -3.95. The van der Waals surface area contributed by atoms with Crippen LogP contribution in [0.4, 0.5) is 0 Å². The van der Waals surface area contributed by atoms with Gasteiger partial charge in [0, 0.05) is 37.3 Å². The van der Waals surface area contributed by atoms with Crippen LogP contribution in [0.5, 0.6) is 23.0 Å². The number of methoxy groups -OCH3 is 3. The fourth-order valence-electron chi connectivity index (χ4n) is 3.98. The van der Waals surface area contributed by atoms with Crippen molar-refractivity contribution in [3.05, 3.63) is 52.1 Å². The van der Waals surface area contributed by atoms with Gasteiger partial charge >= 0.3 is 0 Å². The van der Waals surface area contributed by atoms with Crippen LogP contribution in [0, 0.1) is 6.92 Å². The summed E-state index contributed by atoms with van der Waals surface area (Å²) in [6.45, 7) is 2.82. The molecule has 1 fully saturated rings. The number of nitrogens with one attached hydrogen (secondary N) is 1. The molecule has 1 atom stereocenters. The predicted molar refractivity (Wildman–Crippen MR) is 125 cm³/mol. The van der Waals surface area contributed by atoms with Gasteiger partial charge in [-0.15, -0.1) is 0 Å². The maximum atomic E-state index is 13.1. The van der Waals surface area contributed by atoms with Crippen LogP contribution in [0.3, 0.4) is 0 Å². The van der Waals surface area contributed by atoms with E-state index in [1.165, 1.54) is 13.2 Å². The van der Waals surface area contributed by atoms with Gasteiger partial charge < -0.3 is 28.4 Å². The van der Waals surface area contributed by atoms with Gasteiger partial charge in [-0.3, -0.25) is 14.7 Å². The highest BCUT2D eigenvalue weighted by Gasteiger charge is 2.29. The van der Waals surface area contributed by atoms with Crippen molar-refractivity contribution in [3.63, 3.8) is 0 Å². The van der Waals surface area contributed by atoms with Crippen molar-refractivity contribution in [2.75, 3.05) is 34.4 Å². The summed E-state index contributed by atoms with van der Waals surface area (Å²) in [5, 5.41) is 7.14. The number of aromatic nitrogens is 3. The number of nitrogens with zero attached hydrogens (tertiary/aromatic N) is 3. The lowest BCUT2D eigenvalue weighted by atomic mass is 10.1. The summed E-state index contributed by atoms with van der Waals surface area (Å²) >= 11 is 0. The number of hydrogen-bond acceptors (Lipinski definition) is 7. The van der Waals surface area contributed by atoms with Crippen molar-refractivity contribution < 1.29 is 23.7 Å². The van der Waals surface area contributed by atoms with Gasteiger partial charge in [-0.25, -0.2) is 0 Å². The van der Waals surface area contributed by atoms with E-state index in [1.54, 1.807) is 48.9 Å². The largest absolute Gasteiger partial charge is 0.493 e. The molecule has 0 saturated carbocycles. The fourth-order valence-corrected chi connectivity index (χ4v) is 3.98. The second-order valence-corrected chi connectivity index (χ2v) is 8.09. The Labute approximate surface area is 197 Å². The number of aromatic amines is 1. The van der Waals surface area contributed by atoms with E-state index in [9.17, 15) is 9.59 Å². The molecular formula is C24H28N4O6. The number of hydrogen-bond donors (Lipinski definition) is 1. The number of pyridine rings is 1. The third kappa shape index (κ3) is 4.43. The number of carbonyl (C=O) groups excluding carboxylic acids is 1. The number of ether oxygens (including phenoxy) is 4. The number of benzene rings is 1. The topological polar surface area (TPSA) is 108 Å². The van der Waals surface area contributed by atoms with Crippen molar-refractivity contribution in [3.8, 4) is 34.3 Å². The number of carbonyl (C=O) groups is 1. The third-order valence-electron chi connectivity index (χ3n) is 5.98. The number of likely N-dealkylation sites (tertiary alicyclic amines) is 1. The van der Waals surface area contributed by atoms with Crippen molar-refractivity contribution in [1.82, 2.24) is 19.7 Å². The maximum Gasteiger partial charge on any atom is 0.272 e. The highest BCUT2D eigenvalue weighted by Crippen LogP contribution is 2.40. The molecule has 1 aliphatic rings. The van der Waals surface area contributed by atoms with Gasteiger partial charge in [0.15, 0.2) is 11.5 Å². The van der Waals surface area contributed by atoms with Crippen molar-refractivity contribution in [2.24, 2.45) is 7.05 Å². The van der Waals surface area contributed by atoms with Gasteiger partial charge in [-0.2, -0.15) is 5.10 Å². The van der Waals surface area contributed by atoms with E-state index in [2.05, 4.69) is 10.2 Å². The standard InChI is InChI=1S/C24H28N4O6/c1-14-8-17(11-22(29)27(14)2)34-16-6-7-28(13-16)24(30)19-12-18(25-26-19)15-9-20(31-3)23(33-5)21(10-15)32-4/h8-12,16H,6-7,13H2,1-5H3,(H,25,26). The predicted octanol–water partition coefficient (Wildman–Crippen LogP) is 2.40. The minimum Gasteiger partial charge on any atom is -0.493 e. The lowest BCUT2D eigenvalue weighted by Crippen LogP contribution is -2.31. The number of amides is 1. The van der Waals surface area contributed by atoms with Crippen LogP contribution >= 0.6 is 0 Å². The van der Waals surface area contributed by atoms with Gasteiger partial charge in [0.05, 0.1) is 33.6 Å². The van der Waals surface area contributed by atoms with Crippen molar-refractivity contribution >= 4 is 5.91 Å². The molecule has 3 aromatic rings. The quantitative estimate of drug-likeness (QED) is 0.567. The van der Waals surface area contributed by atoms with Gasteiger partial charge in [-0.1, -0.05) is 0 Å². The van der Waals surface area contributed by atoms with E-state index in [1.807, 2.05) is 13.0 Å². The first-order valence-electron chi connectivity index (χ1n) is 10.8. The smallest absolute Gasteiger partial charge is 0.272 e. The molecule has 10 heteroatoms. The van der Waals surface area contributed by atoms with E-state index >= 15 is 0 Å². The normalized spacial score (nSPS) is 15.3. The molecule has 0 aliphatic carbocycles. The monoisotopic (exact) mass is 468 g/mol. The molecule has 1 aliphatic heterocycles. The lowest BCUT2D eigenvalue weighted by Gasteiger charge is -2.17. The van der Waals surface area contributed by atoms with Crippen LogP contribution in [0.15, 0.2) is 35.1 Å². The van der Waals surface area contributed by atoms with E-state index in [0.717, 1.165) is 5.69 Å². The molecular weight excluding hydrogens is 440 g/mol. The molecule has 0 radical (unpaired) electrons. The summed E-state index contributed by atoms with van der Waals surface area (Å²) in [6.07, 6.45) is 0.487. The second-order valence-electron chi connectivity index (χ2n) is 8.09. The Kier molecular flexibility index (Phi) is 6.49. The Balaban J connectivity index is 1.47. The molecule has 3 heterocycles. The molecule has 0 bridgehead atoms. The zero-order valence-corrected chi connectivity index (χ0v) is 19.9. The Morgan fingerprint density at radius 1 is 1.06 bits per heavy atom. The first kappa shape index (κ1) is 23.2. The van der Waals surface area contributed by atoms with Crippen LogP contribution in [0.2, 0.25) is 0 Å². The van der Waals surface area contributed by atoms with Crippen LogP contribution in [0.25, 0.3) is 11.3 Å². The molecule has 2 aromatic heterocycles. The summed E-state index contributed by atoms with van der Waals surface area (Å²) in [5.41, 5.74) is 2.34. The fraction of sp³-hybridized carbons (Fsp3) is 0.375. The Bertz CT molecular complexity index is 1240. The van der Waals surface area contributed by atoms with Gasteiger partial charge in [0.25, 0.3) is 11.5 Å². The minimum absolute atomic E-state index is 0.127. The SMILES string of the molecule is COc1cc(-c2cc(C(=O)N3CCC(Oc4cc(C)n(C)c(=O)c4)C3)[nH]n2)cc(OC)c1OC. The summed E-state index contributed by atoms with van der Waals surface area (Å²) in [5.74, 6) is 1.83. The molecule has 1 aromatic carbocycles. The Morgan fingerprint density at radius 3 is 2.38 bits per heavy atom. The zero-order chi connectivity index (χ0) is 24.4. The minimum atomic E-state index is -0.187. The summed E-state index contributed by atoms with van der Waals surface area (Å²) < 4.78 is 23.7. The highest BCUT2D eigenvalue weighted by atomic mass is 16.5. The van der Waals surface area contributed by atoms with E-state index in [0.29, 0.717) is 59.5 Å².